The van der Waals surface area contributed by atoms with Crippen LogP contribution in [0.15, 0.2) is 40.6 Å². The highest BCUT2D eigenvalue weighted by Crippen LogP contribution is 2.30. The first-order valence-electron chi connectivity index (χ1n) is 4.96. The molecule has 2 heterocycles. The Labute approximate surface area is 98.3 Å². The molecule has 0 aliphatic heterocycles. The van der Waals surface area contributed by atoms with Gasteiger partial charge in [0.2, 0.25) is 0 Å². The molecule has 0 aliphatic rings. The van der Waals surface area contributed by atoms with E-state index in [1.54, 1.807) is 24.0 Å². The van der Waals surface area contributed by atoms with Crippen molar-refractivity contribution in [3.63, 3.8) is 0 Å². The monoisotopic (exact) mass is 235 g/mol. The normalized spacial score (nSPS) is 12.7. The second-order valence-electron chi connectivity index (χ2n) is 3.53. The third-order valence-electron chi connectivity index (χ3n) is 2.15. The van der Waals surface area contributed by atoms with E-state index in [0.29, 0.717) is 0 Å². The van der Waals surface area contributed by atoms with Gasteiger partial charge >= 0.3 is 0 Å². The number of pyridine rings is 1. The predicted molar refractivity (Wildman–Crippen MR) is 62.2 cm³/mol. The number of aliphatic hydroxyl groups excluding tert-OH is 1. The Hall–Kier alpha value is -1.33. The molecule has 5 heteroatoms. The Morgan fingerprint density at radius 1 is 1.50 bits per heavy atom. The maximum atomic E-state index is 9.61. The molecule has 16 heavy (non-hydrogen) atoms. The Morgan fingerprint density at radius 2 is 2.31 bits per heavy atom. The zero-order valence-corrected chi connectivity index (χ0v) is 9.98. The molecule has 0 aromatic carbocycles. The summed E-state index contributed by atoms with van der Waals surface area (Å²) in [6, 6.07) is 3.71. The average Bonchev–Trinajstić information content (AvgIpc) is 2.64. The standard InChI is InChI=1S/C11H13N3OS/c1-8(15)10-4-3-5-12-11(10)16-9-6-13-14(2)7-9/h3-8,15H,1-2H3. The average molecular weight is 235 g/mol. The van der Waals surface area contributed by atoms with Crippen LogP contribution in [0, 0.1) is 0 Å². The lowest BCUT2D eigenvalue weighted by molar-refractivity contribution is 0.195. The van der Waals surface area contributed by atoms with Crippen molar-refractivity contribution in [2.24, 2.45) is 7.05 Å². The van der Waals surface area contributed by atoms with Crippen LogP contribution >= 0.6 is 11.8 Å². The highest BCUT2D eigenvalue weighted by molar-refractivity contribution is 7.99. The predicted octanol–water partition coefficient (Wildman–Crippen LogP) is 2.02. The summed E-state index contributed by atoms with van der Waals surface area (Å²) in [7, 11) is 1.87. The summed E-state index contributed by atoms with van der Waals surface area (Å²) in [5, 5.41) is 14.5. The second kappa shape index (κ2) is 4.67. The maximum Gasteiger partial charge on any atom is 0.107 e. The second-order valence-corrected chi connectivity index (χ2v) is 4.59. The van der Waals surface area contributed by atoms with Gasteiger partial charge in [-0.15, -0.1) is 0 Å². The third-order valence-corrected chi connectivity index (χ3v) is 3.13. The Morgan fingerprint density at radius 3 is 2.94 bits per heavy atom. The lowest BCUT2D eigenvalue weighted by Gasteiger charge is -2.08. The fraction of sp³-hybridized carbons (Fsp3) is 0.273. The van der Waals surface area contributed by atoms with Gasteiger partial charge in [-0.3, -0.25) is 4.68 Å². The number of aryl methyl sites for hydroxylation is 1. The minimum absolute atomic E-state index is 0.507. The minimum Gasteiger partial charge on any atom is -0.389 e. The minimum atomic E-state index is -0.507. The molecule has 4 nitrogen and oxygen atoms in total. The number of hydrogen-bond donors (Lipinski definition) is 1. The summed E-state index contributed by atoms with van der Waals surface area (Å²) in [5.41, 5.74) is 0.844. The molecule has 1 unspecified atom stereocenters. The van der Waals surface area contributed by atoms with Gasteiger partial charge in [0.15, 0.2) is 0 Å². The van der Waals surface area contributed by atoms with Gasteiger partial charge in [0, 0.05) is 25.0 Å². The van der Waals surface area contributed by atoms with Crippen molar-refractivity contribution >= 4 is 11.8 Å². The first-order chi connectivity index (χ1) is 7.66. The van der Waals surface area contributed by atoms with Crippen molar-refractivity contribution in [1.82, 2.24) is 14.8 Å². The van der Waals surface area contributed by atoms with Gasteiger partial charge in [-0.1, -0.05) is 17.8 Å². The van der Waals surface area contributed by atoms with Crippen LogP contribution in [0.4, 0.5) is 0 Å². The van der Waals surface area contributed by atoms with E-state index in [4.69, 9.17) is 0 Å². The van der Waals surface area contributed by atoms with E-state index in [1.165, 1.54) is 11.8 Å². The van der Waals surface area contributed by atoms with Gasteiger partial charge in [-0.2, -0.15) is 5.10 Å². The van der Waals surface area contributed by atoms with Crippen LogP contribution in [-0.4, -0.2) is 19.9 Å². The third kappa shape index (κ3) is 2.43. The van der Waals surface area contributed by atoms with Crippen LogP contribution in [0.2, 0.25) is 0 Å². The smallest absolute Gasteiger partial charge is 0.107 e. The largest absolute Gasteiger partial charge is 0.389 e. The molecule has 1 atom stereocenters. The van der Waals surface area contributed by atoms with E-state index >= 15 is 0 Å². The van der Waals surface area contributed by atoms with E-state index in [0.717, 1.165) is 15.5 Å². The fourth-order valence-corrected chi connectivity index (χ4v) is 2.37. The summed E-state index contributed by atoms with van der Waals surface area (Å²) in [5.74, 6) is 0. The van der Waals surface area contributed by atoms with E-state index < -0.39 is 6.10 Å². The van der Waals surface area contributed by atoms with Crippen LogP contribution in [-0.2, 0) is 7.05 Å². The van der Waals surface area contributed by atoms with Gasteiger partial charge in [0.25, 0.3) is 0 Å². The van der Waals surface area contributed by atoms with Crippen molar-refractivity contribution in [3.05, 3.63) is 36.3 Å². The number of aliphatic hydroxyl groups is 1. The highest BCUT2D eigenvalue weighted by atomic mass is 32.2. The van der Waals surface area contributed by atoms with Crippen LogP contribution < -0.4 is 0 Å². The summed E-state index contributed by atoms with van der Waals surface area (Å²) < 4.78 is 1.74. The molecule has 84 valence electrons. The van der Waals surface area contributed by atoms with Gasteiger partial charge in [0.1, 0.15) is 5.03 Å². The number of hydrogen-bond acceptors (Lipinski definition) is 4. The SMILES string of the molecule is CC(O)c1cccnc1Sc1cnn(C)c1. The maximum absolute atomic E-state index is 9.61. The molecule has 2 aromatic heterocycles. The van der Waals surface area contributed by atoms with Gasteiger partial charge in [0.05, 0.1) is 17.2 Å². The fourth-order valence-electron chi connectivity index (χ4n) is 1.37. The first kappa shape index (κ1) is 11.2. The summed E-state index contributed by atoms with van der Waals surface area (Å²) in [6.45, 7) is 1.74. The number of rotatable bonds is 3. The molecule has 0 radical (unpaired) electrons. The zero-order valence-electron chi connectivity index (χ0n) is 9.16. The molecule has 2 rings (SSSR count). The molecular formula is C11H13N3OS. The molecule has 0 amide bonds. The number of nitrogens with zero attached hydrogens (tertiary/aromatic N) is 3. The molecular weight excluding hydrogens is 222 g/mol. The topological polar surface area (TPSA) is 50.9 Å². The molecule has 1 N–H and O–H groups in total. The van der Waals surface area contributed by atoms with Gasteiger partial charge in [-0.05, 0) is 13.0 Å². The van der Waals surface area contributed by atoms with E-state index in [2.05, 4.69) is 10.1 Å². The Balaban J connectivity index is 2.27. The van der Waals surface area contributed by atoms with Crippen LogP contribution in [0.3, 0.4) is 0 Å². The summed E-state index contributed by atoms with van der Waals surface area (Å²) in [6.07, 6.45) is 4.92. The zero-order chi connectivity index (χ0) is 11.5. The van der Waals surface area contributed by atoms with E-state index in [9.17, 15) is 5.11 Å². The molecule has 2 aromatic rings. The lowest BCUT2D eigenvalue weighted by Crippen LogP contribution is -1.95. The molecule has 0 bridgehead atoms. The van der Waals surface area contributed by atoms with Crippen molar-refractivity contribution in [1.29, 1.82) is 0 Å². The van der Waals surface area contributed by atoms with Crippen molar-refractivity contribution in [2.75, 3.05) is 0 Å². The summed E-state index contributed by atoms with van der Waals surface area (Å²) in [4.78, 5) is 5.29. The van der Waals surface area contributed by atoms with Crippen LogP contribution in [0.5, 0.6) is 0 Å². The number of aromatic nitrogens is 3. The highest BCUT2D eigenvalue weighted by Gasteiger charge is 2.10. The van der Waals surface area contributed by atoms with E-state index in [1.807, 2.05) is 25.4 Å². The molecule has 0 fully saturated rings. The van der Waals surface area contributed by atoms with Crippen LogP contribution in [0.1, 0.15) is 18.6 Å². The Bertz CT molecular complexity index is 482. The van der Waals surface area contributed by atoms with Crippen molar-refractivity contribution < 1.29 is 5.11 Å². The molecule has 0 saturated carbocycles. The first-order valence-corrected chi connectivity index (χ1v) is 5.78. The van der Waals surface area contributed by atoms with Gasteiger partial charge in [-0.25, -0.2) is 4.98 Å². The van der Waals surface area contributed by atoms with Crippen LogP contribution in [0.25, 0.3) is 0 Å². The molecule has 0 saturated heterocycles. The van der Waals surface area contributed by atoms with Crippen molar-refractivity contribution in [3.8, 4) is 0 Å². The van der Waals surface area contributed by atoms with Crippen molar-refractivity contribution in [2.45, 2.75) is 22.9 Å². The summed E-state index contributed by atoms with van der Waals surface area (Å²) >= 11 is 1.51. The van der Waals surface area contributed by atoms with E-state index in [-0.39, 0.29) is 0 Å². The van der Waals surface area contributed by atoms with Gasteiger partial charge < -0.3 is 5.11 Å². The quantitative estimate of drug-likeness (QED) is 0.884. The lowest BCUT2D eigenvalue weighted by atomic mass is 10.2. The Kier molecular flexibility index (Phi) is 3.26. The molecule has 0 aliphatic carbocycles. The molecule has 0 spiro atoms.